The molecule has 0 saturated heterocycles. The molecular formula is C12H24N2O. The van der Waals surface area contributed by atoms with E-state index in [-0.39, 0.29) is 11.4 Å². The van der Waals surface area contributed by atoms with Gasteiger partial charge in [-0.1, -0.05) is 26.2 Å². The van der Waals surface area contributed by atoms with E-state index in [1.54, 1.807) is 0 Å². The van der Waals surface area contributed by atoms with Crippen LogP contribution >= 0.6 is 0 Å². The van der Waals surface area contributed by atoms with E-state index < -0.39 is 0 Å². The summed E-state index contributed by atoms with van der Waals surface area (Å²) >= 11 is 0. The third-order valence-electron chi connectivity index (χ3n) is 3.67. The molecule has 15 heavy (non-hydrogen) atoms. The quantitative estimate of drug-likeness (QED) is 0.770. The number of hydrogen-bond acceptors (Lipinski definition) is 2. The van der Waals surface area contributed by atoms with Gasteiger partial charge in [0.05, 0.1) is 0 Å². The van der Waals surface area contributed by atoms with Crippen LogP contribution in [0.25, 0.3) is 0 Å². The average Bonchev–Trinajstić information content (AvgIpc) is 2.27. The monoisotopic (exact) mass is 212 g/mol. The van der Waals surface area contributed by atoms with Gasteiger partial charge in [-0.3, -0.25) is 4.79 Å². The number of amides is 1. The molecule has 88 valence electrons. The van der Waals surface area contributed by atoms with Crippen molar-refractivity contribution in [2.24, 2.45) is 0 Å². The van der Waals surface area contributed by atoms with Crippen LogP contribution in [0, 0.1) is 0 Å². The topological polar surface area (TPSA) is 32.3 Å². The van der Waals surface area contributed by atoms with Gasteiger partial charge in [0, 0.05) is 18.5 Å². The summed E-state index contributed by atoms with van der Waals surface area (Å²) in [7, 11) is 4.26. The Morgan fingerprint density at radius 2 is 1.87 bits per heavy atom. The number of carbonyl (C=O) groups is 1. The Labute approximate surface area is 93.2 Å². The maximum absolute atomic E-state index is 11.3. The Morgan fingerprint density at radius 1 is 1.27 bits per heavy atom. The lowest BCUT2D eigenvalue weighted by Gasteiger charge is -2.43. The van der Waals surface area contributed by atoms with Gasteiger partial charge in [0.2, 0.25) is 5.91 Å². The predicted octanol–water partition coefficient (Wildman–Crippen LogP) is 1.78. The van der Waals surface area contributed by atoms with E-state index in [0.717, 1.165) is 6.54 Å². The van der Waals surface area contributed by atoms with E-state index in [4.69, 9.17) is 0 Å². The number of nitrogens with zero attached hydrogens (tertiary/aromatic N) is 1. The first-order chi connectivity index (χ1) is 7.10. The van der Waals surface area contributed by atoms with Gasteiger partial charge in [0.1, 0.15) is 0 Å². The molecule has 0 radical (unpaired) electrons. The van der Waals surface area contributed by atoms with Crippen LogP contribution in [0.1, 0.15) is 45.4 Å². The molecule has 1 aliphatic carbocycles. The number of hydrogen-bond donors (Lipinski definition) is 1. The van der Waals surface area contributed by atoms with Crippen LogP contribution in [0.4, 0.5) is 0 Å². The minimum Gasteiger partial charge on any atom is -0.354 e. The number of likely N-dealkylation sites (N-methyl/N-ethyl adjacent to an activating group) is 1. The van der Waals surface area contributed by atoms with Gasteiger partial charge in [0.25, 0.3) is 0 Å². The molecule has 1 saturated carbocycles. The highest BCUT2D eigenvalue weighted by molar-refractivity contribution is 5.75. The molecule has 0 aromatic rings. The maximum Gasteiger partial charge on any atom is 0.219 e. The van der Waals surface area contributed by atoms with Gasteiger partial charge in [-0.2, -0.15) is 0 Å². The molecule has 1 amide bonds. The minimum absolute atomic E-state index is 0.168. The van der Waals surface area contributed by atoms with E-state index in [1.165, 1.54) is 32.1 Å². The van der Waals surface area contributed by atoms with Crippen LogP contribution in [-0.4, -0.2) is 37.0 Å². The molecule has 3 nitrogen and oxygen atoms in total. The lowest BCUT2D eigenvalue weighted by Crippen LogP contribution is -2.53. The molecule has 1 aliphatic rings. The maximum atomic E-state index is 11.3. The molecular weight excluding hydrogens is 188 g/mol. The summed E-state index contributed by atoms with van der Waals surface area (Å²) in [4.78, 5) is 13.6. The zero-order chi connectivity index (χ0) is 11.3. The highest BCUT2D eigenvalue weighted by atomic mass is 16.1. The molecule has 0 atom stereocenters. The van der Waals surface area contributed by atoms with Gasteiger partial charge in [-0.05, 0) is 26.9 Å². The molecule has 0 aromatic carbocycles. The molecule has 1 N–H and O–H groups in total. The zero-order valence-electron chi connectivity index (χ0n) is 10.3. The van der Waals surface area contributed by atoms with E-state index >= 15 is 0 Å². The fraction of sp³-hybridized carbons (Fsp3) is 0.917. The minimum atomic E-state index is 0.168. The van der Waals surface area contributed by atoms with Gasteiger partial charge < -0.3 is 10.2 Å². The standard InChI is InChI=1S/C12H24N2O/c1-4-11(15)13-10-12(14(2)3)8-6-5-7-9-12/h4-10H2,1-3H3,(H,13,15). The average molecular weight is 212 g/mol. The molecule has 0 bridgehead atoms. The lowest BCUT2D eigenvalue weighted by molar-refractivity contribution is -0.121. The second-order valence-corrected chi connectivity index (χ2v) is 4.81. The smallest absolute Gasteiger partial charge is 0.219 e. The van der Waals surface area contributed by atoms with Crippen molar-refractivity contribution in [3.63, 3.8) is 0 Å². The molecule has 0 unspecified atom stereocenters. The summed E-state index contributed by atoms with van der Waals surface area (Å²) in [5.41, 5.74) is 0.211. The lowest BCUT2D eigenvalue weighted by atomic mass is 9.80. The second kappa shape index (κ2) is 5.50. The van der Waals surface area contributed by atoms with E-state index in [2.05, 4.69) is 24.3 Å². The summed E-state index contributed by atoms with van der Waals surface area (Å²) in [6.45, 7) is 2.71. The third-order valence-corrected chi connectivity index (χ3v) is 3.67. The van der Waals surface area contributed by atoms with Gasteiger partial charge in [-0.25, -0.2) is 0 Å². The normalized spacial score (nSPS) is 20.3. The van der Waals surface area contributed by atoms with Crippen LogP contribution in [0.3, 0.4) is 0 Å². The summed E-state index contributed by atoms with van der Waals surface area (Å²) in [6.07, 6.45) is 6.94. The van der Waals surface area contributed by atoms with Crippen molar-refractivity contribution in [1.82, 2.24) is 10.2 Å². The summed E-state index contributed by atoms with van der Waals surface area (Å²) in [5.74, 6) is 0.168. The summed E-state index contributed by atoms with van der Waals surface area (Å²) in [6, 6.07) is 0. The van der Waals surface area contributed by atoms with Crippen LogP contribution in [-0.2, 0) is 4.79 Å². The Morgan fingerprint density at radius 3 is 2.33 bits per heavy atom. The van der Waals surface area contributed by atoms with E-state index in [9.17, 15) is 4.79 Å². The first-order valence-electron chi connectivity index (χ1n) is 6.05. The van der Waals surface area contributed by atoms with Crippen LogP contribution in [0.2, 0.25) is 0 Å². The van der Waals surface area contributed by atoms with Crippen LogP contribution < -0.4 is 5.32 Å². The number of rotatable bonds is 4. The van der Waals surface area contributed by atoms with Crippen LogP contribution in [0.5, 0.6) is 0 Å². The molecule has 3 heteroatoms. The zero-order valence-corrected chi connectivity index (χ0v) is 10.3. The summed E-state index contributed by atoms with van der Waals surface area (Å²) < 4.78 is 0. The first kappa shape index (κ1) is 12.5. The third kappa shape index (κ3) is 3.20. The second-order valence-electron chi connectivity index (χ2n) is 4.81. The first-order valence-corrected chi connectivity index (χ1v) is 6.05. The predicted molar refractivity (Wildman–Crippen MR) is 62.8 cm³/mol. The van der Waals surface area contributed by atoms with E-state index in [0.29, 0.717) is 6.42 Å². The van der Waals surface area contributed by atoms with Gasteiger partial charge >= 0.3 is 0 Å². The Bertz CT molecular complexity index is 208. The largest absolute Gasteiger partial charge is 0.354 e. The van der Waals surface area contributed by atoms with Crippen molar-refractivity contribution in [1.29, 1.82) is 0 Å². The highest BCUT2D eigenvalue weighted by Crippen LogP contribution is 2.31. The summed E-state index contributed by atoms with van der Waals surface area (Å²) in [5, 5.41) is 3.04. The SMILES string of the molecule is CCC(=O)NCC1(N(C)C)CCCCC1. The molecule has 1 rings (SSSR count). The van der Waals surface area contributed by atoms with Crippen molar-refractivity contribution >= 4 is 5.91 Å². The van der Waals surface area contributed by atoms with Crippen molar-refractivity contribution in [2.75, 3.05) is 20.6 Å². The molecule has 0 aromatic heterocycles. The van der Waals surface area contributed by atoms with E-state index in [1.807, 2.05) is 6.92 Å². The Hall–Kier alpha value is -0.570. The molecule has 0 spiro atoms. The Kier molecular flexibility index (Phi) is 4.58. The van der Waals surface area contributed by atoms with Crippen molar-refractivity contribution < 1.29 is 4.79 Å². The fourth-order valence-electron chi connectivity index (χ4n) is 2.38. The molecule has 0 aliphatic heterocycles. The Balaban J connectivity index is 2.53. The highest BCUT2D eigenvalue weighted by Gasteiger charge is 2.34. The van der Waals surface area contributed by atoms with Crippen LogP contribution in [0.15, 0.2) is 0 Å². The van der Waals surface area contributed by atoms with Crippen molar-refractivity contribution in [2.45, 2.75) is 51.0 Å². The fourth-order valence-corrected chi connectivity index (χ4v) is 2.38. The molecule has 0 heterocycles. The van der Waals surface area contributed by atoms with Crippen molar-refractivity contribution in [3.05, 3.63) is 0 Å². The van der Waals surface area contributed by atoms with Crippen molar-refractivity contribution in [3.8, 4) is 0 Å². The number of nitrogens with one attached hydrogen (secondary N) is 1. The number of carbonyl (C=O) groups excluding carboxylic acids is 1. The van der Waals surface area contributed by atoms with Gasteiger partial charge in [0.15, 0.2) is 0 Å². The molecule has 1 fully saturated rings. The van der Waals surface area contributed by atoms with Gasteiger partial charge in [-0.15, -0.1) is 0 Å².